The molecule has 0 radical (unpaired) electrons. The van der Waals surface area contributed by atoms with Crippen LogP contribution in [0.1, 0.15) is 38.1 Å². The maximum absolute atomic E-state index is 12.1. The van der Waals surface area contributed by atoms with Gasteiger partial charge >= 0.3 is 0 Å². The second kappa shape index (κ2) is 7.75. The van der Waals surface area contributed by atoms with Crippen molar-refractivity contribution in [3.8, 4) is 11.3 Å². The number of ether oxygens (including phenoxy) is 1. The Morgan fingerprint density at radius 3 is 2.78 bits per heavy atom. The molecule has 2 rings (SSSR count). The molecule has 126 valence electrons. The third kappa shape index (κ3) is 3.82. The van der Waals surface area contributed by atoms with Crippen LogP contribution in [0.15, 0.2) is 11.4 Å². The highest BCUT2D eigenvalue weighted by Gasteiger charge is 2.18. The van der Waals surface area contributed by atoms with E-state index < -0.39 is 6.10 Å². The van der Waals surface area contributed by atoms with Crippen molar-refractivity contribution < 1.29 is 9.53 Å². The maximum atomic E-state index is 12.1. The maximum Gasteiger partial charge on any atom is 0.255 e. The summed E-state index contributed by atoms with van der Waals surface area (Å²) in [6.07, 6.45) is 1.31. The lowest BCUT2D eigenvalue weighted by molar-refractivity contribution is -0.125. The van der Waals surface area contributed by atoms with Crippen molar-refractivity contribution in [1.82, 2.24) is 9.55 Å². The van der Waals surface area contributed by atoms with Gasteiger partial charge in [0.2, 0.25) is 0 Å². The van der Waals surface area contributed by atoms with Gasteiger partial charge in [0.05, 0.1) is 5.69 Å². The van der Waals surface area contributed by atoms with Crippen LogP contribution >= 0.6 is 11.3 Å². The van der Waals surface area contributed by atoms with Gasteiger partial charge in [0.15, 0.2) is 5.13 Å². The molecule has 0 aliphatic carbocycles. The summed E-state index contributed by atoms with van der Waals surface area (Å²) in [5.74, 6) is -0.146. The Kier molecular flexibility index (Phi) is 5.96. The van der Waals surface area contributed by atoms with Crippen molar-refractivity contribution in [2.45, 2.75) is 53.2 Å². The Hall–Kier alpha value is -1.66. The van der Waals surface area contributed by atoms with Gasteiger partial charge in [-0.1, -0.05) is 13.8 Å². The fourth-order valence-corrected chi connectivity index (χ4v) is 3.44. The summed E-state index contributed by atoms with van der Waals surface area (Å²) in [5, 5.41) is 5.44. The molecule has 2 aromatic rings. The van der Waals surface area contributed by atoms with Crippen molar-refractivity contribution in [2.75, 3.05) is 12.4 Å². The normalized spacial score (nSPS) is 12.4. The van der Waals surface area contributed by atoms with Crippen molar-refractivity contribution in [2.24, 2.45) is 0 Å². The molecule has 2 aromatic heterocycles. The number of thiazole rings is 1. The first kappa shape index (κ1) is 17.7. The first-order valence-corrected chi connectivity index (χ1v) is 8.86. The van der Waals surface area contributed by atoms with E-state index in [1.165, 1.54) is 22.7 Å². The van der Waals surface area contributed by atoms with Crippen molar-refractivity contribution in [1.29, 1.82) is 0 Å². The number of aryl methyl sites for hydroxylation is 1. The van der Waals surface area contributed by atoms with Gasteiger partial charge in [-0.2, -0.15) is 0 Å². The molecule has 0 spiro atoms. The molecule has 1 atom stereocenters. The molecule has 5 nitrogen and oxygen atoms in total. The highest BCUT2D eigenvalue weighted by atomic mass is 32.1. The lowest BCUT2D eigenvalue weighted by Crippen LogP contribution is -2.28. The van der Waals surface area contributed by atoms with Crippen LogP contribution in [0.2, 0.25) is 0 Å². The summed E-state index contributed by atoms with van der Waals surface area (Å²) in [7, 11) is 1.55. The lowest BCUT2D eigenvalue weighted by Gasteiger charge is -2.11. The van der Waals surface area contributed by atoms with Crippen LogP contribution in [-0.2, 0) is 16.1 Å². The van der Waals surface area contributed by atoms with Gasteiger partial charge in [0.1, 0.15) is 6.10 Å². The number of hydrogen-bond acceptors (Lipinski definition) is 4. The zero-order valence-electron chi connectivity index (χ0n) is 14.5. The van der Waals surface area contributed by atoms with E-state index in [0.29, 0.717) is 11.6 Å². The number of methoxy groups -OCH3 is 1. The van der Waals surface area contributed by atoms with Crippen molar-refractivity contribution >= 4 is 22.4 Å². The Morgan fingerprint density at radius 1 is 1.43 bits per heavy atom. The standard InChI is InChI=1S/C17H25N3O2S/c1-6-8-20-11(3)9-13(12(20)4)14-10-23-17(18-14)19-16(21)15(7-2)22-5/h9-10,15H,6-8H2,1-5H3,(H,18,19,21). The molecule has 1 amide bonds. The van der Waals surface area contributed by atoms with Gasteiger partial charge in [-0.15, -0.1) is 11.3 Å². The van der Waals surface area contributed by atoms with Crippen molar-refractivity contribution in [3.63, 3.8) is 0 Å². The largest absolute Gasteiger partial charge is 0.372 e. The zero-order valence-corrected chi connectivity index (χ0v) is 15.3. The van der Waals surface area contributed by atoms with E-state index in [0.717, 1.165) is 24.2 Å². The molecule has 1 unspecified atom stereocenters. The van der Waals surface area contributed by atoms with Gasteiger partial charge in [-0.05, 0) is 32.8 Å². The predicted octanol–water partition coefficient (Wildman–Crippen LogP) is 4.00. The molecule has 0 saturated carbocycles. The monoisotopic (exact) mass is 335 g/mol. The van der Waals surface area contributed by atoms with Crippen LogP contribution in [-0.4, -0.2) is 28.7 Å². The van der Waals surface area contributed by atoms with Gasteiger partial charge < -0.3 is 9.30 Å². The summed E-state index contributed by atoms with van der Waals surface area (Å²) >= 11 is 1.44. The molecule has 6 heteroatoms. The van der Waals surface area contributed by atoms with Crippen LogP contribution < -0.4 is 5.32 Å². The van der Waals surface area contributed by atoms with Gasteiger partial charge in [0.25, 0.3) is 5.91 Å². The Bertz CT molecular complexity index is 671. The molecule has 0 saturated heterocycles. The van der Waals surface area contributed by atoms with E-state index >= 15 is 0 Å². The third-order valence-electron chi connectivity index (χ3n) is 3.98. The van der Waals surface area contributed by atoms with Crippen LogP contribution in [0.25, 0.3) is 11.3 Å². The number of anilines is 1. The molecule has 0 fully saturated rings. The second-order valence-electron chi connectivity index (χ2n) is 5.60. The number of aromatic nitrogens is 2. The minimum atomic E-state index is -0.433. The van der Waals surface area contributed by atoms with Crippen molar-refractivity contribution in [3.05, 3.63) is 22.8 Å². The van der Waals surface area contributed by atoms with E-state index in [9.17, 15) is 4.79 Å². The smallest absolute Gasteiger partial charge is 0.255 e. The molecular weight excluding hydrogens is 310 g/mol. The number of carbonyl (C=O) groups is 1. The van der Waals surface area contributed by atoms with E-state index in [1.54, 1.807) is 7.11 Å². The topological polar surface area (TPSA) is 56.2 Å². The molecular formula is C17H25N3O2S. The van der Waals surface area contributed by atoms with Gasteiger partial charge in [0, 0.05) is 36.0 Å². The molecule has 0 aliphatic heterocycles. The van der Waals surface area contributed by atoms with Crippen LogP contribution in [0.5, 0.6) is 0 Å². The molecule has 23 heavy (non-hydrogen) atoms. The van der Waals surface area contributed by atoms with E-state index in [1.807, 2.05) is 12.3 Å². The fraction of sp³-hybridized carbons (Fsp3) is 0.529. The van der Waals surface area contributed by atoms with E-state index in [2.05, 4.69) is 41.7 Å². The highest BCUT2D eigenvalue weighted by molar-refractivity contribution is 7.14. The number of hydrogen-bond donors (Lipinski definition) is 1. The highest BCUT2D eigenvalue weighted by Crippen LogP contribution is 2.30. The van der Waals surface area contributed by atoms with Crippen LogP contribution in [0, 0.1) is 13.8 Å². The average Bonchev–Trinajstić information content (AvgIpc) is 3.08. The minimum absolute atomic E-state index is 0.146. The minimum Gasteiger partial charge on any atom is -0.372 e. The molecule has 0 aliphatic rings. The summed E-state index contributed by atoms with van der Waals surface area (Å²) in [6.45, 7) is 9.34. The predicted molar refractivity (Wildman–Crippen MR) is 95.0 cm³/mol. The SMILES string of the molecule is CCCn1c(C)cc(-c2csc(NC(=O)C(CC)OC)n2)c1C. The average molecular weight is 335 g/mol. The Balaban J connectivity index is 2.20. The molecule has 0 bridgehead atoms. The first-order valence-electron chi connectivity index (χ1n) is 7.98. The summed E-state index contributed by atoms with van der Waals surface area (Å²) in [5.41, 5.74) is 4.50. The molecule has 0 aromatic carbocycles. The van der Waals surface area contributed by atoms with Crippen LogP contribution in [0.4, 0.5) is 5.13 Å². The van der Waals surface area contributed by atoms with Crippen LogP contribution in [0.3, 0.4) is 0 Å². The Labute approximate surface area is 141 Å². The number of amides is 1. The summed E-state index contributed by atoms with van der Waals surface area (Å²) < 4.78 is 7.46. The van der Waals surface area contributed by atoms with E-state index in [4.69, 9.17) is 4.74 Å². The summed E-state index contributed by atoms with van der Waals surface area (Å²) in [4.78, 5) is 16.6. The summed E-state index contributed by atoms with van der Waals surface area (Å²) in [6, 6.07) is 2.16. The van der Waals surface area contributed by atoms with Gasteiger partial charge in [-0.3, -0.25) is 10.1 Å². The third-order valence-corrected chi connectivity index (χ3v) is 4.74. The second-order valence-corrected chi connectivity index (χ2v) is 6.45. The quantitative estimate of drug-likeness (QED) is 0.832. The van der Waals surface area contributed by atoms with Gasteiger partial charge in [-0.25, -0.2) is 4.98 Å². The zero-order chi connectivity index (χ0) is 17.0. The fourth-order valence-electron chi connectivity index (χ4n) is 2.73. The number of nitrogens with zero attached hydrogens (tertiary/aromatic N) is 2. The lowest BCUT2D eigenvalue weighted by atomic mass is 10.2. The Morgan fingerprint density at radius 2 is 2.17 bits per heavy atom. The number of carbonyl (C=O) groups excluding carboxylic acids is 1. The molecule has 2 heterocycles. The number of nitrogens with one attached hydrogen (secondary N) is 1. The molecule has 1 N–H and O–H groups in total. The number of rotatable bonds is 7. The van der Waals surface area contributed by atoms with E-state index in [-0.39, 0.29) is 5.91 Å². The first-order chi connectivity index (χ1) is 11.0.